The van der Waals surface area contributed by atoms with Gasteiger partial charge in [0.05, 0.1) is 10.6 Å². The first-order chi connectivity index (χ1) is 9.47. The molecule has 1 aromatic heterocycles. The second kappa shape index (κ2) is 5.96. The molecule has 20 heavy (non-hydrogen) atoms. The van der Waals surface area contributed by atoms with E-state index in [-0.39, 0.29) is 17.2 Å². The van der Waals surface area contributed by atoms with Crippen LogP contribution in [0.15, 0.2) is 41.6 Å². The Kier molecular flexibility index (Phi) is 4.29. The fourth-order valence-corrected chi connectivity index (χ4v) is 2.70. The minimum atomic E-state index is -3.44. The normalized spacial score (nSPS) is 11.3. The number of aromatic nitrogens is 2. The van der Waals surface area contributed by atoms with E-state index in [1.807, 2.05) is 6.92 Å². The van der Waals surface area contributed by atoms with Crippen molar-refractivity contribution in [3.63, 3.8) is 0 Å². The highest BCUT2D eigenvalue weighted by molar-refractivity contribution is 7.91. The minimum absolute atomic E-state index is 0.102. The maximum absolute atomic E-state index is 12.8. The summed E-state index contributed by atoms with van der Waals surface area (Å²) in [4.78, 5) is 8.13. The van der Waals surface area contributed by atoms with Gasteiger partial charge in [-0.2, -0.15) is 0 Å². The molecule has 1 aromatic carbocycles. The maximum atomic E-state index is 12.8. The van der Waals surface area contributed by atoms with E-state index in [2.05, 4.69) is 15.3 Å². The van der Waals surface area contributed by atoms with E-state index in [9.17, 15) is 12.8 Å². The molecule has 0 amide bonds. The van der Waals surface area contributed by atoms with Crippen molar-refractivity contribution in [2.45, 2.75) is 11.8 Å². The Morgan fingerprint density at radius 1 is 1.15 bits per heavy atom. The Hall–Kier alpha value is -2.02. The molecule has 1 heterocycles. The number of nitrogens with one attached hydrogen (secondary N) is 1. The summed E-state index contributed by atoms with van der Waals surface area (Å²) in [5, 5.41) is 2.83. The van der Waals surface area contributed by atoms with Crippen molar-refractivity contribution in [3.8, 4) is 0 Å². The van der Waals surface area contributed by atoms with Crippen LogP contribution in [0.4, 0.5) is 10.3 Å². The number of rotatable bonds is 5. The first-order valence-electron chi connectivity index (χ1n) is 5.98. The van der Waals surface area contributed by atoms with Crippen LogP contribution in [0.25, 0.3) is 0 Å². The van der Waals surface area contributed by atoms with E-state index in [0.717, 1.165) is 17.7 Å². The molecule has 0 aliphatic heterocycles. The van der Waals surface area contributed by atoms with Gasteiger partial charge in [0.2, 0.25) is 5.95 Å². The van der Waals surface area contributed by atoms with Gasteiger partial charge in [-0.25, -0.2) is 22.8 Å². The van der Waals surface area contributed by atoms with E-state index in [4.69, 9.17) is 0 Å². The van der Waals surface area contributed by atoms with Crippen LogP contribution < -0.4 is 5.32 Å². The van der Waals surface area contributed by atoms with Gasteiger partial charge in [-0.1, -0.05) is 0 Å². The lowest BCUT2D eigenvalue weighted by atomic mass is 10.4. The van der Waals surface area contributed by atoms with Crippen LogP contribution in [-0.4, -0.2) is 30.7 Å². The van der Waals surface area contributed by atoms with E-state index in [1.165, 1.54) is 12.1 Å². The smallest absolute Gasteiger partial charge is 0.222 e. The lowest BCUT2D eigenvalue weighted by Crippen LogP contribution is -2.17. The molecular weight excluding hydrogens is 281 g/mol. The molecule has 0 bridgehead atoms. The van der Waals surface area contributed by atoms with Crippen LogP contribution in [0, 0.1) is 12.7 Å². The van der Waals surface area contributed by atoms with Gasteiger partial charge in [0.25, 0.3) is 0 Å². The van der Waals surface area contributed by atoms with Crippen LogP contribution >= 0.6 is 0 Å². The maximum Gasteiger partial charge on any atom is 0.222 e. The highest BCUT2D eigenvalue weighted by atomic mass is 32.2. The van der Waals surface area contributed by atoms with Crippen molar-refractivity contribution < 1.29 is 12.8 Å². The molecule has 0 fully saturated rings. The molecule has 106 valence electrons. The Labute approximate surface area is 116 Å². The van der Waals surface area contributed by atoms with Crippen LogP contribution in [0.1, 0.15) is 5.56 Å². The third-order valence-corrected chi connectivity index (χ3v) is 4.34. The van der Waals surface area contributed by atoms with E-state index in [1.54, 1.807) is 12.4 Å². The lowest BCUT2D eigenvalue weighted by molar-refractivity contribution is 0.595. The van der Waals surface area contributed by atoms with Crippen LogP contribution in [-0.2, 0) is 9.84 Å². The first-order valence-corrected chi connectivity index (χ1v) is 7.63. The van der Waals surface area contributed by atoms with Gasteiger partial charge in [-0.05, 0) is 36.8 Å². The van der Waals surface area contributed by atoms with Crippen molar-refractivity contribution in [2.75, 3.05) is 17.6 Å². The zero-order valence-electron chi connectivity index (χ0n) is 10.9. The molecule has 0 aliphatic rings. The van der Waals surface area contributed by atoms with Crippen LogP contribution in [0.3, 0.4) is 0 Å². The third kappa shape index (κ3) is 3.74. The summed E-state index contributed by atoms with van der Waals surface area (Å²) in [6.45, 7) is 2.05. The Morgan fingerprint density at radius 3 is 2.35 bits per heavy atom. The summed E-state index contributed by atoms with van der Waals surface area (Å²) >= 11 is 0. The minimum Gasteiger partial charge on any atom is -0.353 e. The SMILES string of the molecule is Cc1cnc(NCCS(=O)(=O)c2ccc(F)cc2)nc1. The number of hydrogen-bond donors (Lipinski definition) is 1. The molecule has 0 radical (unpaired) electrons. The average molecular weight is 295 g/mol. The summed E-state index contributed by atoms with van der Waals surface area (Å²) in [5.41, 5.74) is 0.925. The van der Waals surface area contributed by atoms with Gasteiger partial charge in [0.15, 0.2) is 9.84 Å². The molecule has 1 N–H and O–H groups in total. The summed E-state index contributed by atoms with van der Waals surface area (Å²) < 4.78 is 36.7. The molecule has 0 spiro atoms. The van der Waals surface area contributed by atoms with Crippen molar-refractivity contribution in [3.05, 3.63) is 48.0 Å². The van der Waals surface area contributed by atoms with E-state index >= 15 is 0 Å². The molecule has 5 nitrogen and oxygen atoms in total. The highest BCUT2D eigenvalue weighted by Gasteiger charge is 2.14. The number of hydrogen-bond acceptors (Lipinski definition) is 5. The number of aryl methyl sites for hydroxylation is 1. The number of sulfone groups is 1. The fraction of sp³-hybridized carbons (Fsp3) is 0.231. The predicted molar refractivity (Wildman–Crippen MR) is 73.7 cm³/mol. The van der Waals surface area contributed by atoms with Crippen molar-refractivity contribution >= 4 is 15.8 Å². The summed E-state index contributed by atoms with van der Waals surface area (Å²) in [7, 11) is -3.44. The Balaban J connectivity index is 1.96. The zero-order chi connectivity index (χ0) is 14.6. The molecule has 0 aliphatic carbocycles. The summed E-state index contributed by atoms with van der Waals surface area (Å²) in [6.07, 6.45) is 3.29. The Morgan fingerprint density at radius 2 is 1.75 bits per heavy atom. The van der Waals surface area contributed by atoms with Gasteiger partial charge in [0.1, 0.15) is 5.82 Å². The summed E-state index contributed by atoms with van der Waals surface area (Å²) in [6, 6.07) is 4.77. The number of anilines is 1. The van der Waals surface area contributed by atoms with Crippen LogP contribution in [0.2, 0.25) is 0 Å². The van der Waals surface area contributed by atoms with E-state index in [0.29, 0.717) is 5.95 Å². The average Bonchev–Trinajstić information content (AvgIpc) is 2.41. The van der Waals surface area contributed by atoms with Gasteiger partial charge in [0, 0.05) is 18.9 Å². The number of nitrogens with zero attached hydrogens (tertiary/aromatic N) is 2. The van der Waals surface area contributed by atoms with E-state index < -0.39 is 15.7 Å². The third-order valence-electron chi connectivity index (χ3n) is 2.61. The highest BCUT2D eigenvalue weighted by Crippen LogP contribution is 2.11. The van der Waals surface area contributed by atoms with Crippen molar-refractivity contribution in [1.29, 1.82) is 0 Å². The molecular formula is C13H14FN3O2S. The topological polar surface area (TPSA) is 72.0 Å². The summed E-state index contributed by atoms with van der Waals surface area (Å²) in [5.74, 6) is -0.199. The quantitative estimate of drug-likeness (QED) is 0.852. The second-order valence-corrected chi connectivity index (χ2v) is 6.39. The van der Waals surface area contributed by atoms with Crippen molar-refractivity contribution in [1.82, 2.24) is 9.97 Å². The molecule has 0 atom stereocenters. The first kappa shape index (κ1) is 14.4. The second-order valence-electron chi connectivity index (χ2n) is 4.28. The van der Waals surface area contributed by atoms with Gasteiger partial charge in [-0.15, -0.1) is 0 Å². The van der Waals surface area contributed by atoms with Gasteiger partial charge >= 0.3 is 0 Å². The molecule has 0 unspecified atom stereocenters. The van der Waals surface area contributed by atoms with Crippen molar-refractivity contribution in [2.24, 2.45) is 0 Å². The largest absolute Gasteiger partial charge is 0.353 e. The molecule has 0 saturated carbocycles. The molecule has 0 saturated heterocycles. The predicted octanol–water partition coefficient (Wildman–Crippen LogP) is 1.81. The lowest BCUT2D eigenvalue weighted by Gasteiger charge is -2.06. The number of benzene rings is 1. The molecule has 2 rings (SSSR count). The van der Waals surface area contributed by atoms with Gasteiger partial charge < -0.3 is 5.32 Å². The molecule has 2 aromatic rings. The van der Waals surface area contributed by atoms with Gasteiger partial charge in [-0.3, -0.25) is 0 Å². The number of halogens is 1. The monoisotopic (exact) mass is 295 g/mol. The standard InChI is InChI=1S/C13H14FN3O2S/c1-10-8-16-13(17-9-10)15-6-7-20(18,19)12-4-2-11(14)3-5-12/h2-5,8-9H,6-7H2,1H3,(H,15,16,17). The fourth-order valence-electron chi connectivity index (χ4n) is 1.54. The zero-order valence-corrected chi connectivity index (χ0v) is 11.7. The molecule has 7 heteroatoms. The Bertz CT molecular complexity index is 670. The van der Waals surface area contributed by atoms with Crippen LogP contribution in [0.5, 0.6) is 0 Å².